The first-order valence-corrected chi connectivity index (χ1v) is 7.58. The monoisotopic (exact) mass is 267 g/mol. The van der Waals surface area contributed by atoms with E-state index in [4.69, 9.17) is 9.47 Å². The number of nitrogens with one attached hydrogen (secondary N) is 1. The van der Waals surface area contributed by atoms with Crippen LogP contribution in [-0.2, 0) is 9.47 Å². The molecule has 0 aromatic rings. The number of hydrogen-bond acceptors (Lipinski definition) is 3. The van der Waals surface area contributed by atoms with Crippen LogP contribution < -0.4 is 5.32 Å². The molecule has 3 nitrogen and oxygen atoms in total. The van der Waals surface area contributed by atoms with Gasteiger partial charge < -0.3 is 14.8 Å². The van der Waals surface area contributed by atoms with Crippen molar-refractivity contribution in [1.82, 2.24) is 5.32 Å². The Morgan fingerprint density at radius 2 is 1.95 bits per heavy atom. The summed E-state index contributed by atoms with van der Waals surface area (Å²) in [5, 5.41) is 3.44. The SMILES string of the molecule is CNC(C1=CCCCO1)C1(OC)CCC(C)(C)CC1. The fourth-order valence-electron chi connectivity index (χ4n) is 3.40. The van der Waals surface area contributed by atoms with Gasteiger partial charge in [-0.2, -0.15) is 0 Å². The van der Waals surface area contributed by atoms with Crippen molar-refractivity contribution in [3.05, 3.63) is 11.8 Å². The first kappa shape index (κ1) is 14.9. The molecular formula is C16H29NO2. The molecule has 1 heterocycles. The van der Waals surface area contributed by atoms with Gasteiger partial charge in [0.25, 0.3) is 0 Å². The van der Waals surface area contributed by atoms with Gasteiger partial charge in [-0.1, -0.05) is 13.8 Å². The number of likely N-dealkylation sites (N-methyl/N-ethyl adjacent to an activating group) is 1. The van der Waals surface area contributed by atoms with Crippen LogP contribution in [0.15, 0.2) is 11.8 Å². The average Bonchev–Trinajstić information content (AvgIpc) is 2.43. The molecule has 1 fully saturated rings. The van der Waals surface area contributed by atoms with Crippen molar-refractivity contribution in [3.8, 4) is 0 Å². The Bertz CT molecular complexity index is 326. The van der Waals surface area contributed by atoms with E-state index in [1.54, 1.807) is 0 Å². The Labute approximate surface area is 117 Å². The lowest BCUT2D eigenvalue weighted by Gasteiger charge is -2.47. The number of hydrogen-bond donors (Lipinski definition) is 1. The molecule has 2 rings (SSSR count). The highest BCUT2D eigenvalue weighted by Gasteiger charge is 2.46. The Kier molecular flexibility index (Phi) is 4.57. The van der Waals surface area contributed by atoms with Crippen LogP contribution in [0.2, 0.25) is 0 Å². The van der Waals surface area contributed by atoms with E-state index in [1.807, 2.05) is 14.2 Å². The van der Waals surface area contributed by atoms with E-state index >= 15 is 0 Å². The van der Waals surface area contributed by atoms with Gasteiger partial charge in [0.2, 0.25) is 0 Å². The molecule has 19 heavy (non-hydrogen) atoms. The summed E-state index contributed by atoms with van der Waals surface area (Å²) in [6.45, 7) is 5.56. The summed E-state index contributed by atoms with van der Waals surface area (Å²) in [4.78, 5) is 0. The van der Waals surface area contributed by atoms with Gasteiger partial charge in [0.1, 0.15) is 5.76 Å². The fraction of sp³-hybridized carbons (Fsp3) is 0.875. The molecular weight excluding hydrogens is 238 g/mol. The van der Waals surface area contributed by atoms with E-state index in [9.17, 15) is 0 Å². The summed E-state index contributed by atoms with van der Waals surface area (Å²) in [6, 6.07) is 0.189. The smallest absolute Gasteiger partial charge is 0.112 e. The quantitative estimate of drug-likeness (QED) is 0.848. The number of rotatable bonds is 4. The first-order chi connectivity index (χ1) is 9.03. The van der Waals surface area contributed by atoms with E-state index < -0.39 is 0 Å². The molecule has 0 radical (unpaired) electrons. The van der Waals surface area contributed by atoms with E-state index in [0.29, 0.717) is 5.41 Å². The average molecular weight is 267 g/mol. The molecule has 0 spiro atoms. The zero-order valence-electron chi connectivity index (χ0n) is 12.9. The Balaban J connectivity index is 2.16. The van der Waals surface area contributed by atoms with E-state index in [0.717, 1.165) is 38.0 Å². The molecule has 0 bridgehead atoms. The second-order valence-corrected chi connectivity index (χ2v) is 6.75. The zero-order valence-corrected chi connectivity index (χ0v) is 12.9. The van der Waals surface area contributed by atoms with Crippen LogP contribution in [0, 0.1) is 5.41 Å². The normalized spacial score (nSPS) is 27.3. The lowest BCUT2D eigenvalue weighted by Crippen LogP contribution is -2.55. The summed E-state index contributed by atoms with van der Waals surface area (Å²) in [6.07, 6.45) is 9.13. The van der Waals surface area contributed by atoms with Gasteiger partial charge in [0.15, 0.2) is 0 Å². The minimum Gasteiger partial charge on any atom is -0.496 e. The largest absolute Gasteiger partial charge is 0.496 e. The van der Waals surface area contributed by atoms with Gasteiger partial charge in [0, 0.05) is 7.11 Å². The maximum absolute atomic E-state index is 6.00. The number of allylic oxidation sites excluding steroid dienone is 1. The van der Waals surface area contributed by atoms with Crippen LogP contribution in [0.5, 0.6) is 0 Å². The van der Waals surface area contributed by atoms with Gasteiger partial charge in [-0.3, -0.25) is 0 Å². The van der Waals surface area contributed by atoms with Crippen molar-refractivity contribution in [2.24, 2.45) is 5.41 Å². The summed E-state index contributed by atoms with van der Waals surface area (Å²) in [5.74, 6) is 1.09. The van der Waals surface area contributed by atoms with Gasteiger partial charge >= 0.3 is 0 Å². The molecule has 1 saturated carbocycles. The van der Waals surface area contributed by atoms with Crippen molar-refractivity contribution in [3.63, 3.8) is 0 Å². The second kappa shape index (κ2) is 5.84. The predicted octanol–water partition coefficient (Wildman–Crippen LogP) is 3.25. The molecule has 0 saturated heterocycles. The molecule has 110 valence electrons. The molecule has 0 aromatic carbocycles. The molecule has 1 N–H and O–H groups in total. The maximum Gasteiger partial charge on any atom is 0.112 e. The Morgan fingerprint density at radius 1 is 1.26 bits per heavy atom. The van der Waals surface area contributed by atoms with Gasteiger partial charge in [-0.25, -0.2) is 0 Å². The molecule has 3 heteroatoms. The third kappa shape index (κ3) is 3.14. The van der Waals surface area contributed by atoms with Crippen LogP contribution >= 0.6 is 0 Å². The van der Waals surface area contributed by atoms with Crippen LogP contribution in [-0.4, -0.2) is 32.4 Å². The lowest BCUT2D eigenvalue weighted by atomic mass is 9.68. The van der Waals surface area contributed by atoms with Crippen molar-refractivity contribution < 1.29 is 9.47 Å². The lowest BCUT2D eigenvalue weighted by molar-refractivity contribution is -0.0876. The summed E-state index contributed by atoms with van der Waals surface area (Å²) in [5.41, 5.74) is 0.343. The van der Waals surface area contributed by atoms with Gasteiger partial charge in [0.05, 0.1) is 18.2 Å². The molecule has 1 atom stereocenters. The van der Waals surface area contributed by atoms with Crippen LogP contribution in [0.4, 0.5) is 0 Å². The topological polar surface area (TPSA) is 30.5 Å². The standard InChI is InChI=1S/C16H29NO2/c1-15(2)8-10-16(18-4,11-9-15)14(17-3)13-7-5-6-12-19-13/h7,14,17H,5-6,8-12H2,1-4H3. The molecule has 1 aliphatic carbocycles. The Hall–Kier alpha value is -0.540. The van der Waals surface area contributed by atoms with Crippen LogP contribution in [0.1, 0.15) is 52.4 Å². The van der Waals surface area contributed by atoms with Gasteiger partial charge in [-0.15, -0.1) is 0 Å². The Morgan fingerprint density at radius 3 is 2.42 bits per heavy atom. The number of ether oxygens (including phenoxy) is 2. The van der Waals surface area contributed by atoms with E-state index in [2.05, 4.69) is 25.2 Å². The highest BCUT2D eigenvalue weighted by molar-refractivity contribution is 5.15. The predicted molar refractivity (Wildman–Crippen MR) is 78.1 cm³/mol. The van der Waals surface area contributed by atoms with Crippen LogP contribution in [0.25, 0.3) is 0 Å². The summed E-state index contributed by atoms with van der Waals surface area (Å²) in [7, 11) is 3.87. The zero-order chi connectivity index (χ0) is 13.9. The summed E-state index contributed by atoms with van der Waals surface area (Å²) < 4.78 is 11.9. The van der Waals surface area contributed by atoms with Crippen molar-refractivity contribution >= 4 is 0 Å². The maximum atomic E-state index is 6.00. The van der Waals surface area contributed by atoms with Crippen molar-refractivity contribution in [2.75, 3.05) is 20.8 Å². The fourth-order valence-corrected chi connectivity index (χ4v) is 3.40. The minimum atomic E-state index is -0.104. The van der Waals surface area contributed by atoms with E-state index in [-0.39, 0.29) is 11.6 Å². The number of methoxy groups -OCH3 is 1. The van der Waals surface area contributed by atoms with Gasteiger partial charge in [-0.05, 0) is 57.1 Å². The highest BCUT2D eigenvalue weighted by atomic mass is 16.5. The van der Waals surface area contributed by atoms with E-state index in [1.165, 1.54) is 12.8 Å². The van der Waals surface area contributed by atoms with Crippen molar-refractivity contribution in [2.45, 2.75) is 64.0 Å². The first-order valence-electron chi connectivity index (χ1n) is 7.58. The molecule has 0 amide bonds. The summed E-state index contributed by atoms with van der Waals surface area (Å²) >= 11 is 0. The molecule has 0 aromatic heterocycles. The third-order valence-corrected chi connectivity index (χ3v) is 4.92. The molecule has 2 aliphatic rings. The second-order valence-electron chi connectivity index (χ2n) is 6.75. The highest BCUT2D eigenvalue weighted by Crippen LogP contribution is 2.44. The minimum absolute atomic E-state index is 0.104. The third-order valence-electron chi connectivity index (χ3n) is 4.92. The molecule has 1 unspecified atom stereocenters. The van der Waals surface area contributed by atoms with Crippen molar-refractivity contribution in [1.29, 1.82) is 0 Å². The van der Waals surface area contributed by atoms with Crippen LogP contribution in [0.3, 0.4) is 0 Å². The molecule has 1 aliphatic heterocycles.